The number of benzene rings is 1. The summed E-state index contributed by atoms with van der Waals surface area (Å²) in [5.41, 5.74) is 1.28. The van der Waals surface area contributed by atoms with Gasteiger partial charge in [-0.05, 0) is 36.1 Å². The predicted molar refractivity (Wildman–Crippen MR) is 84.8 cm³/mol. The average molecular weight is 327 g/mol. The molecular weight excluding hydrogens is 315 g/mol. The molecule has 0 aliphatic rings. The first-order chi connectivity index (χ1) is 9.60. The lowest BCUT2D eigenvalue weighted by molar-refractivity contribution is -0.115. The molecule has 0 saturated carbocycles. The van der Waals surface area contributed by atoms with Crippen molar-refractivity contribution in [2.45, 2.75) is 11.4 Å². The van der Waals surface area contributed by atoms with Crippen LogP contribution in [0.5, 0.6) is 0 Å². The van der Waals surface area contributed by atoms with Crippen molar-refractivity contribution >= 4 is 46.6 Å². The van der Waals surface area contributed by atoms with Gasteiger partial charge in [0.1, 0.15) is 0 Å². The molecule has 1 amide bonds. The summed E-state index contributed by atoms with van der Waals surface area (Å²) in [6.07, 6.45) is 3.70. The van der Waals surface area contributed by atoms with Gasteiger partial charge in [-0.25, -0.2) is 4.98 Å². The SMILES string of the molecule is CSc1ccc(NC(=O)Cc2c(Cl)cccc2Cl)cn1. The Kier molecular flexibility index (Phi) is 5.29. The van der Waals surface area contributed by atoms with Crippen LogP contribution in [0.25, 0.3) is 0 Å². The van der Waals surface area contributed by atoms with Crippen molar-refractivity contribution in [2.75, 3.05) is 11.6 Å². The number of carbonyl (C=O) groups is 1. The molecule has 0 bridgehead atoms. The van der Waals surface area contributed by atoms with Crippen LogP contribution in [0.4, 0.5) is 5.69 Å². The second kappa shape index (κ2) is 6.97. The lowest BCUT2D eigenvalue weighted by Gasteiger charge is -2.08. The fraction of sp³-hybridized carbons (Fsp3) is 0.143. The summed E-state index contributed by atoms with van der Waals surface area (Å²) in [7, 11) is 0. The highest BCUT2D eigenvalue weighted by Gasteiger charge is 2.11. The first-order valence-electron chi connectivity index (χ1n) is 5.83. The summed E-state index contributed by atoms with van der Waals surface area (Å²) in [6.45, 7) is 0. The van der Waals surface area contributed by atoms with Gasteiger partial charge in [0, 0.05) is 10.0 Å². The zero-order chi connectivity index (χ0) is 14.5. The molecule has 2 rings (SSSR count). The van der Waals surface area contributed by atoms with Crippen molar-refractivity contribution in [2.24, 2.45) is 0 Å². The predicted octanol–water partition coefficient (Wildman–Crippen LogP) is 4.29. The molecule has 3 nitrogen and oxygen atoms in total. The van der Waals surface area contributed by atoms with E-state index in [1.807, 2.05) is 18.4 Å². The summed E-state index contributed by atoms with van der Waals surface area (Å²) in [4.78, 5) is 16.2. The van der Waals surface area contributed by atoms with E-state index in [4.69, 9.17) is 23.2 Å². The molecule has 2 aromatic rings. The number of aromatic nitrogens is 1. The Labute approximate surface area is 131 Å². The van der Waals surface area contributed by atoms with E-state index in [0.717, 1.165) is 5.03 Å². The molecule has 0 radical (unpaired) electrons. The van der Waals surface area contributed by atoms with Crippen molar-refractivity contribution < 1.29 is 4.79 Å². The number of thioether (sulfide) groups is 1. The minimum Gasteiger partial charge on any atom is -0.324 e. The fourth-order valence-corrected chi connectivity index (χ4v) is 2.54. The van der Waals surface area contributed by atoms with E-state index in [1.165, 1.54) is 0 Å². The van der Waals surface area contributed by atoms with Gasteiger partial charge in [-0.3, -0.25) is 4.79 Å². The van der Waals surface area contributed by atoms with E-state index < -0.39 is 0 Å². The molecule has 1 heterocycles. The Bertz CT molecular complexity index is 597. The maximum Gasteiger partial charge on any atom is 0.228 e. The summed E-state index contributed by atoms with van der Waals surface area (Å²) >= 11 is 13.6. The molecule has 1 N–H and O–H groups in total. The van der Waals surface area contributed by atoms with Crippen LogP contribution in [0.2, 0.25) is 10.0 Å². The van der Waals surface area contributed by atoms with Crippen LogP contribution >= 0.6 is 35.0 Å². The fourth-order valence-electron chi connectivity index (χ4n) is 1.64. The molecule has 0 aliphatic carbocycles. The minimum atomic E-state index is -0.182. The van der Waals surface area contributed by atoms with Crippen LogP contribution in [0.15, 0.2) is 41.6 Å². The smallest absolute Gasteiger partial charge is 0.228 e. The Morgan fingerprint density at radius 3 is 2.50 bits per heavy atom. The summed E-state index contributed by atoms with van der Waals surface area (Å²) in [5, 5.41) is 4.65. The Morgan fingerprint density at radius 1 is 1.25 bits per heavy atom. The zero-order valence-corrected chi connectivity index (χ0v) is 13.0. The largest absolute Gasteiger partial charge is 0.324 e. The maximum atomic E-state index is 12.0. The summed E-state index contributed by atoms with van der Waals surface area (Å²) in [6, 6.07) is 8.83. The van der Waals surface area contributed by atoms with Crippen LogP contribution in [-0.2, 0) is 11.2 Å². The van der Waals surface area contributed by atoms with Crippen molar-refractivity contribution in [3.8, 4) is 0 Å². The monoisotopic (exact) mass is 326 g/mol. The molecule has 0 aliphatic heterocycles. The highest BCUT2D eigenvalue weighted by atomic mass is 35.5. The molecule has 0 unspecified atom stereocenters. The highest BCUT2D eigenvalue weighted by molar-refractivity contribution is 7.98. The molecule has 0 fully saturated rings. The number of nitrogens with zero attached hydrogens (tertiary/aromatic N) is 1. The molecule has 6 heteroatoms. The summed E-state index contributed by atoms with van der Waals surface area (Å²) < 4.78 is 0. The second-order valence-corrected chi connectivity index (χ2v) is 5.66. The number of carbonyl (C=O) groups excluding carboxylic acids is 1. The van der Waals surface area contributed by atoms with E-state index in [2.05, 4.69) is 10.3 Å². The number of hydrogen-bond acceptors (Lipinski definition) is 3. The molecule has 0 spiro atoms. The quantitative estimate of drug-likeness (QED) is 0.852. The number of anilines is 1. The van der Waals surface area contributed by atoms with Crippen LogP contribution < -0.4 is 5.32 Å². The molecule has 0 saturated heterocycles. The van der Waals surface area contributed by atoms with Gasteiger partial charge < -0.3 is 5.32 Å². The topological polar surface area (TPSA) is 42.0 Å². The standard InChI is InChI=1S/C14H12Cl2N2OS/c1-20-14-6-5-9(8-17-14)18-13(19)7-10-11(15)3-2-4-12(10)16/h2-6,8H,7H2,1H3,(H,18,19). The molecule has 104 valence electrons. The van der Waals surface area contributed by atoms with Crippen LogP contribution in [-0.4, -0.2) is 17.1 Å². The summed E-state index contributed by atoms with van der Waals surface area (Å²) in [5.74, 6) is -0.182. The van der Waals surface area contributed by atoms with Crippen LogP contribution in [0.3, 0.4) is 0 Å². The van der Waals surface area contributed by atoms with E-state index in [1.54, 1.807) is 36.2 Å². The third kappa shape index (κ3) is 3.88. The minimum absolute atomic E-state index is 0.128. The normalized spacial score (nSPS) is 10.3. The zero-order valence-electron chi connectivity index (χ0n) is 10.7. The third-order valence-electron chi connectivity index (χ3n) is 2.63. The van der Waals surface area contributed by atoms with Crippen LogP contribution in [0, 0.1) is 0 Å². The number of hydrogen-bond donors (Lipinski definition) is 1. The van der Waals surface area contributed by atoms with Gasteiger partial charge in [0.2, 0.25) is 5.91 Å². The van der Waals surface area contributed by atoms with Gasteiger partial charge in [0.15, 0.2) is 0 Å². The Hall–Kier alpha value is -1.23. The second-order valence-electron chi connectivity index (χ2n) is 4.01. The molecule has 1 aromatic carbocycles. The molecule has 20 heavy (non-hydrogen) atoms. The first kappa shape index (κ1) is 15.2. The van der Waals surface area contributed by atoms with Crippen molar-refractivity contribution in [1.29, 1.82) is 0 Å². The van der Waals surface area contributed by atoms with E-state index >= 15 is 0 Å². The Balaban J connectivity index is 2.05. The van der Waals surface area contributed by atoms with Crippen LogP contribution in [0.1, 0.15) is 5.56 Å². The maximum absolute atomic E-state index is 12.0. The molecule has 1 aromatic heterocycles. The van der Waals surface area contributed by atoms with Gasteiger partial charge in [0.05, 0.1) is 23.3 Å². The lowest BCUT2D eigenvalue weighted by Crippen LogP contribution is -2.15. The van der Waals surface area contributed by atoms with Gasteiger partial charge >= 0.3 is 0 Å². The third-order valence-corrected chi connectivity index (χ3v) is 4.00. The first-order valence-corrected chi connectivity index (χ1v) is 7.81. The van der Waals surface area contributed by atoms with E-state index in [-0.39, 0.29) is 12.3 Å². The number of pyridine rings is 1. The van der Waals surface area contributed by atoms with Gasteiger partial charge in [-0.1, -0.05) is 29.3 Å². The van der Waals surface area contributed by atoms with E-state index in [0.29, 0.717) is 21.3 Å². The lowest BCUT2D eigenvalue weighted by atomic mass is 10.1. The van der Waals surface area contributed by atoms with Crippen molar-refractivity contribution in [1.82, 2.24) is 4.98 Å². The molecular formula is C14H12Cl2N2OS. The molecule has 0 atom stereocenters. The van der Waals surface area contributed by atoms with Crippen molar-refractivity contribution in [3.05, 3.63) is 52.1 Å². The average Bonchev–Trinajstić information content (AvgIpc) is 2.44. The Morgan fingerprint density at radius 2 is 1.95 bits per heavy atom. The van der Waals surface area contributed by atoms with E-state index in [9.17, 15) is 4.79 Å². The number of nitrogens with one attached hydrogen (secondary N) is 1. The van der Waals surface area contributed by atoms with Gasteiger partial charge in [-0.2, -0.15) is 0 Å². The van der Waals surface area contributed by atoms with Gasteiger partial charge in [0.25, 0.3) is 0 Å². The highest BCUT2D eigenvalue weighted by Crippen LogP contribution is 2.25. The number of rotatable bonds is 4. The number of halogens is 2. The number of amides is 1. The van der Waals surface area contributed by atoms with Crippen molar-refractivity contribution in [3.63, 3.8) is 0 Å². The van der Waals surface area contributed by atoms with Gasteiger partial charge in [-0.15, -0.1) is 11.8 Å².